The summed E-state index contributed by atoms with van der Waals surface area (Å²) in [6.45, 7) is 5.30. The number of ether oxygens (including phenoxy) is 1. The second-order valence-corrected chi connectivity index (χ2v) is 5.37. The molecule has 0 spiro atoms. The maximum absolute atomic E-state index is 11.8. The molecule has 0 aromatic carbocycles. The first-order valence-corrected chi connectivity index (χ1v) is 6.42. The molecular formula is C14H21N3O3. The number of alkyl carbamates (subject to hydrolysis) is 1. The molecule has 1 heterocycles. The zero-order valence-electron chi connectivity index (χ0n) is 12.3. The maximum Gasteiger partial charge on any atom is 0.408 e. The van der Waals surface area contributed by atoms with Crippen LogP contribution in [0.15, 0.2) is 24.5 Å². The van der Waals surface area contributed by atoms with Crippen LogP contribution in [0.2, 0.25) is 0 Å². The minimum atomic E-state index is -0.683. The quantitative estimate of drug-likeness (QED) is 0.869. The van der Waals surface area contributed by atoms with E-state index in [0.29, 0.717) is 6.42 Å². The summed E-state index contributed by atoms with van der Waals surface area (Å²) in [4.78, 5) is 27.5. The predicted octanol–water partition coefficient (Wildman–Crippen LogP) is 1.26. The number of hydrogen-bond acceptors (Lipinski definition) is 4. The molecule has 1 aromatic rings. The van der Waals surface area contributed by atoms with Gasteiger partial charge in [0.2, 0.25) is 5.91 Å². The lowest BCUT2D eigenvalue weighted by Crippen LogP contribution is -2.48. The van der Waals surface area contributed by atoms with E-state index in [1.165, 1.54) is 7.05 Å². The van der Waals surface area contributed by atoms with Crippen LogP contribution >= 0.6 is 0 Å². The number of carbonyl (C=O) groups excluding carboxylic acids is 2. The highest BCUT2D eigenvalue weighted by Crippen LogP contribution is 2.08. The van der Waals surface area contributed by atoms with Crippen LogP contribution in [0.3, 0.4) is 0 Å². The van der Waals surface area contributed by atoms with Crippen LogP contribution < -0.4 is 10.6 Å². The Kier molecular flexibility index (Phi) is 5.49. The van der Waals surface area contributed by atoms with Gasteiger partial charge in [-0.1, -0.05) is 0 Å². The second kappa shape index (κ2) is 6.88. The first kappa shape index (κ1) is 15.9. The molecule has 0 radical (unpaired) electrons. The number of rotatable bonds is 4. The van der Waals surface area contributed by atoms with Gasteiger partial charge in [0.05, 0.1) is 0 Å². The minimum absolute atomic E-state index is 0.271. The smallest absolute Gasteiger partial charge is 0.408 e. The van der Waals surface area contributed by atoms with Gasteiger partial charge in [-0.2, -0.15) is 0 Å². The molecule has 0 saturated carbocycles. The van der Waals surface area contributed by atoms with Crippen molar-refractivity contribution in [3.05, 3.63) is 30.1 Å². The van der Waals surface area contributed by atoms with Gasteiger partial charge in [0.25, 0.3) is 0 Å². The first-order chi connectivity index (χ1) is 9.31. The van der Waals surface area contributed by atoms with E-state index in [9.17, 15) is 9.59 Å². The molecule has 0 unspecified atom stereocenters. The molecule has 0 aliphatic rings. The average Bonchev–Trinajstić information content (AvgIpc) is 2.36. The Hall–Kier alpha value is -2.11. The van der Waals surface area contributed by atoms with Gasteiger partial charge in [0.15, 0.2) is 0 Å². The van der Waals surface area contributed by atoms with Crippen LogP contribution in [0, 0.1) is 0 Å². The zero-order chi connectivity index (χ0) is 15.2. The summed E-state index contributed by atoms with van der Waals surface area (Å²) in [6.07, 6.45) is 3.05. The van der Waals surface area contributed by atoms with Crippen molar-refractivity contribution >= 4 is 12.0 Å². The number of aromatic nitrogens is 1. The predicted molar refractivity (Wildman–Crippen MR) is 75.2 cm³/mol. The average molecular weight is 279 g/mol. The largest absolute Gasteiger partial charge is 0.444 e. The molecule has 0 saturated heterocycles. The van der Waals surface area contributed by atoms with Crippen LogP contribution in [0.4, 0.5) is 4.79 Å². The molecule has 6 heteroatoms. The van der Waals surface area contributed by atoms with Crippen molar-refractivity contribution < 1.29 is 14.3 Å². The van der Waals surface area contributed by atoms with E-state index in [0.717, 1.165) is 5.56 Å². The van der Waals surface area contributed by atoms with Gasteiger partial charge in [-0.05, 0) is 38.5 Å². The third-order valence-corrected chi connectivity index (χ3v) is 2.44. The lowest BCUT2D eigenvalue weighted by Gasteiger charge is -2.23. The fourth-order valence-corrected chi connectivity index (χ4v) is 1.59. The number of hydrogen-bond donors (Lipinski definition) is 2. The lowest BCUT2D eigenvalue weighted by atomic mass is 10.1. The van der Waals surface area contributed by atoms with E-state index < -0.39 is 17.7 Å². The van der Waals surface area contributed by atoms with E-state index in [1.807, 2.05) is 0 Å². The molecule has 1 aromatic heterocycles. The highest BCUT2D eigenvalue weighted by molar-refractivity contribution is 5.85. The molecular weight excluding hydrogens is 258 g/mol. The SMILES string of the molecule is CNC(=O)[C@@H](Cc1ccncc1)NC(=O)OC(C)(C)C. The Balaban J connectivity index is 2.70. The summed E-state index contributed by atoms with van der Waals surface area (Å²) in [7, 11) is 1.53. The second-order valence-electron chi connectivity index (χ2n) is 5.37. The van der Waals surface area contributed by atoms with Crippen LogP contribution in [-0.2, 0) is 16.0 Å². The normalized spacial score (nSPS) is 12.4. The molecule has 110 valence electrons. The van der Waals surface area contributed by atoms with Crippen molar-refractivity contribution in [1.82, 2.24) is 15.6 Å². The van der Waals surface area contributed by atoms with E-state index in [1.54, 1.807) is 45.3 Å². The van der Waals surface area contributed by atoms with Crippen molar-refractivity contribution in [1.29, 1.82) is 0 Å². The van der Waals surface area contributed by atoms with Crippen LogP contribution in [0.5, 0.6) is 0 Å². The van der Waals surface area contributed by atoms with Gasteiger partial charge in [-0.25, -0.2) is 4.79 Å². The number of nitrogens with zero attached hydrogens (tertiary/aromatic N) is 1. The molecule has 0 aliphatic heterocycles. The molecule has 0 fully saturated rings. The van der Waals surface area contributed by atoms with Crippen molar-refractivity contribution in [3.8, 4) is 0 Å². The molecule has 1 rings (SSSR count). The van der Waals surface area contributed by atoms with E-state index in [2.05, 4.69) is 15.6 Å². The van der Waals surface area contributed by atoms with Crippen molar-refractivity contribution in [2.45, 2.75) is 38.8 Å². The van der Waals surface area contributed by atoms with Crippen molar-refractivity contribution in [3.63, 3.8) is 0 Å². The molecule has 0 bridgehead atoms. The third-order valence-electron chi connectivity index (χ3n) is 2.44. The van der Waals surface area contributed by atoms with E-state index in [4.69, 9.17) is 4.74 Å². The highest BCUT2D eigenvalue weighted by atomic mass is 16.6. The molecule has 0 aliphatic carbocycles. The summed E-state index contributed by atoms with van der Waals surface area (Å²) in [6, 6.07) is 2.91. The molecule has 1 atom stereocenters. The summed E-state index contributed by atoms with van der Waals surface area (Å²) in [5.74, 6) is -0.271. The van der Waals surface area contributed by atoms with Crippen LogP contribution in [0.25, 0.3) is 0 Å². The Morgan fingerprint density at radius 3 is 2.40 bits per heavy atom. The molecule has 2 amide bonds. The number of pyridine rings is 1. The summed E-state index contributed by atoms with van der Waals surface area (Å²) in [5.41, 5.74) is 0.304. The van der Waals surface area contributed by atoms with Gasteiger partial charge < -0.3 is 15.4 Å². The summed E-state index contributed by atoms with van der Waals surface area (Å²) >= 11 is 0. The first-order valence-electron chi connectivity index (χ1n) is 6.42. The summed E-state index contributed by atoms with van der Waals surface area (Å²) in [5, 5.41) is 5.11. The Morgan fingerprint density at radius 1 is 1.30 bits per heavy atom. The third kappa shape index (κ3) is 5.69. The van der Waals surface area contributed by atoms with Gasteiger partial charge in [-0.3, -0.25) is 9.78 Å². The molecule has 2 N–H and O–H groups in total. The van der Waals surface area contributed by atoms with E-state index >= 15 is 0 Å². The fraction of sp³-hybridized carbons (Fsp3) is 0.500. The van der Waals surface area contributed by atoms with Gasteiger partial charge >= 0.3 is 6.09 Å². The molecule has 6 nitrogen and oxygen atoms in total. The Bertz CT molecular complexity index is 454. The zero-order valence-corrected chi connectivity index (χ0v) is 12.3. The number of nitrogens with one attached hydrogen (secondary N) is 2. The topological polar surface area (TPSA) is 80.3 Å². The van der Waals surface area contributed by atoms with Crippen molar-refractivity contribution in [2.24, 2.45) is 0 Å². The minimum Gasteiger partial charge on any atom is -0.444 e. The highest BCUT2D eigenvalue weighted by Gasteiger charge is 2.23. The number of likely N-dealkylation sites (N-methyl/N-ethyl adjacent to an activating group) is 1. The van der Waals surface area contributed by atoms with Crippen LogP contribution in [-0.4, -0.2) is 35.7 Å². The number of carbonyl (C=O) groups is 2. The standard InChI is InChI=1S/C14H21N3O3/c1-14(2,3)20-13(19)17-11(12(18)15-4)9-10-5-7-16-8-6-10/h5-8,11H,9H2,1-4H3,(H,15,18)(H,17,19)/t11-/m1/s1. The van der Waals surface area contributed by atoms with Crippen LogP contribution in [0.1, 0.15) is 26.3 Å². The Labute approximate surface area is 118 Å². The fourth-order valence-electron chi connectivity index (χ4n) is 1.59. The van der Waals surface area contributed by atoms with Crippen molar-refractivity contribution in [2.75, 3.05) is 7.05 Å². The van der Waals surface area contributed by atoms with Gasteiger partial charge in [0, 0.05) is 25.9 Å². The maximum atomic E-state index is 11.8. The molecule has 20 heavy (non-hydrogen) atoms. The summed E-state index contributed by atoms with van der Waals surface area (Å²) < 4.78 is 5.16. The Morgan fingerprint density at radius 2 is 1.90 bits per heavy atom. The van der Waals surface area contributed by atoms with E-state index in [-0.39, 0.29) is 5.91 Å². The van der Waals surface area contributed by atoms with Gasteiger partial charge in [-0.15, -0.1) is 0 Å². The lowest BCUT2D eigenvalue weighted by molar-refractivity contribution is -0.122. The van der Waals surface area contributed by atoms with Gasteiger partial charge in [0.1, 0.15) is 11.6 Å². The number of amides is 2. The monoisotopic (exact) mass is 279 g/mol.